The molecular weight excluding hydrogens is 250 g/mol. The molecule has 2 aliphatic carbocycles. The standard InChI is InChI=1S/C15H19N5/c1-9-12-7-6-10-8-17-15(16)18-13(10)14(12)19-20(9)11-4-2-3-5-11/h8,11H,2-7H2,1H3,(H2,16,17,18). The molecule has 20 heavy (non-hydrogen) atoms. The Bertz CT molecular complexity index is 667. The number of anilines is 1. The number of nitrogens with two attached hydrogens (primary N) is 1. The minimum atomic E-state index is 0.338. The van der Waals surface area contributed by atoms with Gasteiger partial charge in [-0.15, -0.1) is 0 Å². The van der Waals surface area contributed by atoms with Gasteiger partial charge in [0.15, 0.2) is 0 Å². The van der Waals surface area contributed by atoms with Gasteiger partial charge >= 0.3 is 0 Å². The van der Waals surface area contributed by atoms with Crippen LogP contribution in [0.4, 0.5) is 5.95 Å². The SMILES string of the molecule is Cc1c2c(nn1C1CCCC1)-c1nc(N)ncc1CC2. The smallest absolute Gasteiger partial charge is 0.220 e. The van der Waals surface area contributed by atoms with E-state index in [1.165, 1.54) is 42.5 Å². The molecule has 0 radical (unpaired) electrons. The van der Waals surface area contributed by atoms with Gasteiger partial charge in [0.25, 0.3) is 0 Å². The lowest BCUT2D eigenvalue weighted by molar-refractivity contribution is 0.457. The van der Waals surface area contributed by atoms with E-state index in [4.69, 9.17) is 10.8 Å². The van der Waals surface area contributed by atoms with E-state index in [0.29, 0.717) is 12.0 Å². The first kappa shape index (κ1) is 11.9. The highest BCUT2D eigenvalue weighted by Crippen LogP contribution is 2.37. The Hall–Kier alpha value is -1.91. The maximum Gasteiger partial charge on any atom is 0.220 e. The van der Waals surface area contributed by atoms with Crippen LogP contribution >= 0.6 is 0 Å². The summed E-state index contributed by atoms with van der Waals surface area (Å²) in [4.78, 5) is 8.53. The van der Waals surface area contributed by atoms with Crippen molar-refractivity contribution in [1.82, 2.24) is 19.7 Å². The van der Waals surface area contributed by atoms with Gasteiger partial charge in [-0.25, -0.2) is 9.97 Å². The second-order valence-electron chi connectivity index (χ2n) is 5.90. The number of fused-ring (bicyclic) bond motifs is 3. The minimum Gasteiger partial charge on any atom is -0.368 e. The maximum atomic E-state index is 5.75. The summed E-state index contributed by atoms with van der Waals surface area (Å²) in [5, 5.41) is 4.89. The molecule has 0 spiro atoms. The van der Waals surface area contributed by atoms with E-state index in [2.05, 4.69) is 21.6 Å². The zero-order chi connectivity index (χ0) is 13.7. The predicted molar refractivity (Wildman–Crippen MR) is 77.3 cm³/mol. The van der Waals surface area contributed by atoms with Gasteiger partial charge in [-0.2, -0.15) is 5.10 Å². The van der Waals surface area contributed by atoms with Crippen LogP contribution in [0.3, 0.4) is 0 Å². The largest absolute Gasteiger partial charge is 0.368 e. The van der Waals surface area contributed by atoms with E-state index in [1.807, 2.05) is 6.20 Å². The minimum absolute atomic E-state index is 0.338. The molecule has 4 rings (SSSR count). The molecule has 0 saturated heterocycles. The average molecular weight is 269 g/mol. The van der Waals surface area contributed by atoms with Crippen LogP contribution < -0.4 is 5.73 Å². The number of nitrogens with zero attached hydrogens (tertiary/aromatic N) is 4. The maximum absolute atomic E-state index is 5.75. The van der Waals surface area contributed by atoms with Crippen LogP contribution in [0, 0.1) is 6.92 Å². The molecule has 104 valence electrons. The van der Waals surface area contributed by atoms with Gasteiger partial charge in [-0.1, -0.05) is 12.8 Å². The van der Waals surface area contributed by atoms with Crippen molar-refractivity contribution >= 4 is 5.95 Å². The molecule has 0 amide bonds. The van der Waals surface area contributed by atoms with Gasteiger partial charge in [-0.05, 0) is 38.2 Å². The van der Waals surface area contributed by atoms with Gasteiger partial charge in [-0.3, -0.25) is 4.68 Å². The lowest BCUT2D eigenvalue weighted by atomic mass is 9.94. The third kappa shape index (κ3) is 1.65. The van der Waals surface area contributed by atoms with Gasteiger partial charge in [0.1, 0.15) is 5.69 Å². The third-order valence-corrected chi connectivity index (χ3v) is 4.70. The number of aromatic nitrogens is 4. The molecule has 0 aromatic carbocycles. The molecule has 1 saturated carbocycles. The Kier molecular flexibility index (Phi) is 2.55. The van der Waals surface area contributed by atoms with Crippen LogP contribution in [0.1, 0.15) is 48.5 Å². The Balaban J connectivity index is 1.86. The molecular formula is C15H19N5. The second-order valence-corrected chi connectivity index (χ2v) is 5.90. The number of nitrogen functional groups attached to an aromatic ring is 1. The van der Waals surface area contributed by atoms with Crippen LogP contribution in [-0.4, -0.2) is 19.7 Å². The molecule has 2 heterocycles. The number of aryl methyl sites for hydroxylation is 1. The molecule has 0 bridgehead atoms. The van der Waals surface area contributed by atoms with Crippen molar-refractivity contribution in [3.63, 3.8) is 0 Å². The van der Waals surface area contributed by atoms with E-state index >= 15 is 0 Å². The summed E-state index contributed by atoms with van der Waals surface area (Å²) < 4.78 is 2.24. The van der Waals surface area contributed by atoms with Gasteiger partial charge in [0, 0.05) is 17.5 Å². The van der Waals surface area contributed by atoms with Crippen molar-refractivity contribution in [3.8, 4) is 11.4 Å². The predicted octanol–water partition coefficient (Wildman–Crippen LogP) is 2.44. The lowest BCUT2D eigenvalue weighted by Crippen LogP contribution is -2.08. The molecule has 5 heteroatoms. The fraction of sp³-hybridized carbons (Fsp3) is 0.533. The van der Waals surface area contributed by atoms with Crippen molar-refractivity contribution < 1.29 is 0 Å². The molecule has 0 atom stereocenters. The van der Waals surface area contributed by atoms with Crippen LogP contribution in [-0.2, 0) is 12.8 Å². The van der Waals surface area contributed by atoms with Gasteiger partial charge in [0.2, 0.25) is 5.95 Å². The van der Waals surface area contributed by atoms with Crippen molar-refractivity contribution in [2.45, 2.75) is 51.5 Å². The number of hydrogen-bond acceptors (Lipinski definition) is 4. The zero-order valence-electron chi connectivity index (χ0n) is 11.8. The molecule has 2 N–H and O–H groups in total. The highest BCUT2D eigenvalue weighted by molar-refractivity contribution is 5.67. The van der Waals surface area contributed by atoms with Crippen molar-refractivity contribution in [2.75, 3.05) is 5.73 Å². The molecule has 5 nitrogen and oxygen atoms in total. The summed E-state index contributed by atoms with van der Waals surface area (Å²) in [5.74, 6) is 0.338. The normalized spacial score (nSPS) is 18.1. The summed E-state index contributed by atoms with van der Waals surface area (Å²) >= 11 is 0. The Morgan fingerprint density at radius 3 is 2.80 bits per heavy atom. The van der Waals surface area contributed by atoms with Crippen LogP contribution in [0.25, 0.3) is 11.4 Å². The molecule has 2 aromatic rings. The van der Waals surface area contributed by atoms with Crippen LogP contribution in [0.5, 0.6) is 0 Å². The third-order valence-electron chi connectivity index (χ3n) is 4.70. The average Bonchev–Trinajstić information content (AvgIpc) is 3.07. The van der Waals surface area contributed by atoms with E-state index in [9.17, 15) is 0 Å². The first-order valence-corrected chi connectivity index (χ1v) is 7.44. The highest BCUT2D eigenvalue weighted by Gasteiger charge is 2.28. The van der Waals surface area contributed by atoms with Gasteiger partial charge in [0.05, 0.1) is 11.7 Å². The molecule has 2 aliphatic rings. The summed E-state index contributed by atoms with van der Waals surface area (Å²) in [6.07, 6.45) is 9.01. The number of rotatable bonds is 1. The van der Waals surface area contributed by atoms with E-state index < -0.39 is 0 Å². The summed E-state index contributed by atoms with van der Waals surface area (Å²) in [5.41, 5.74) is 11.6. The topological polar surface area (TPSA) is 69.6 Å². The fourth-order valence-corrected chi connectivity index (χ4v) is 3.61. The van der Waals surface area contributed by atoms with E-state index in [1.54, 1.807) is 0 Å². The Morgan fingerprint density at radius 1 is 1.20 bits per heavy atom. The quantitative estimate of drug-likeness (QED) is 0.863. The zero-order valence-corrected chi connectivity index (χ0v) is 11.8. The summed E-state index contributed by atoms with van der Waals surface area (Å²) in [6, 6.07) is 0.572. The van der Waals surface area contributed by atoms with E-state index in [-0.39, 0.29) is 0 Å². The first-order valence-electron chi connectivity index (χ1n) is 7.44. The Labute approximate surface area is 118 Å². The van der Waals surface area contributed by atoms with Crippen molar-refractivity contribution in [1.29, 1.82) is 0 Å². The Morgan fingerprint density at radius 2 is 2.00 bits per heavy atom. The summed E-state index contributed by atoms with van der Waals surface area (Å²) in [7, 11) is 0. The fourth-order valence-electron chi connectivity index (χ4n) is 3.61. The summed E-state index contributed by atoms with van der Waals surface area (Å²) in [6.45, 7) is 2.19. The van der Waals surface area contributed by atoms with Crippen LogP contribution in [0.2, 0.25) is 0 Å². The van der Waals surface area contributed by atoms with Crippen LogP contribution in [0.15, 0.2) is 6.20 Å². The van der Waals surface area contributed by atoms with Crippen molar-refractivity contribution in [2.24, 2.45) is 0 Å². The van der Waals surface area contributed by atoms with Crippen molar-refractivity contribution in [3.05, 3.63) is 23.0 Å². The molecule has 0 unspecified atom stereocenters. The highest BCUT2D eigenvalue weighted by atomic mass is 15.3. The van der Waals surface area contributed by atoms with Gasteiger partial charge < -0.3 is 5.73 Å². The lowest BCUT2D eigenvalue weighted by Gasteiger charge is -2.14. The first-order chi connectivity index (χ1) is 9.74. The molecule has 1 fully saturated rings. The molecule has 0 aliphatic heterocycles. The number of hydrogen-bond donors (Lipinski definition) is 1. The van der Waals surface area contributed by atoms with E-state index in [0.717, 1.165) is 24.2 Å². The molecule has 2 aromatic heterocycles. The second kappa shape index (κ2) is 4.30. The monoisotopic (exact) mass is 269 g/mol.